The largest absolute Gasteiger partial charge is 0.445 e. The Morgan fingerprint density at radius 2 is 1.88 bits per heavy atom. The summed E-state index contributed by atoms with van der Waals surface area (Å²) < 4.78 is 6.47. The number of ether oxygens (including phenoxy) is 1. The molecule has 3 rings (SSSR count). The van der Waals surface area contributed by atoms with E-state index in [0.29, 0.717) is 5.69 Å². The van der Waals surface area contributed by atoms with E-state index < -0.39 is 16.3 Å². The van der Waals surface area contributed by atoms with Crippen molar-refractivity contribution >= 4 is 17.4 Å². The van der Waals surface area contributed by atoms with Crippen LogP contribution in [0.25, 0.3) is 5.69 Å². The molecule has 0 spiro atoms. The standard InChI is InChI=1S/C15H9ClN4O4/c16-13-12(24-11-7-4-8-17-14(11)20(22)23)9-18-19(15(13)21)10-5-2-1-3-6-10/h1-9H. The number of hydrogen-bond donors (Lipinski definition) is 0. The molecule has 0 saturated carbocycles. The van der Waals surface area contributed by atoms with Crippen molar-refractivity contribution in [3.63, 3.8) is 0 Å². The zero-order valence-electron chi connectivity index (χ0n) is 12.0. The van der Waals surface area contributed by atoms with Gasteiger partial charge in [0.25, 0.3) is 5.56 Å². The van der Waals surface area contributed by atoms with Crippen LogP contribution in [0, 0.1) is 10.1 Å². The van der Waals surface area contributed by atoms with Gasteiger partial charge in [-0.25, -0.2) is 0 Å². The van der Waals surface area contributed by atoms with Gasteiger partial charge in [-0.1, -0.05) is 29.8 Å². The van der Waals surface area contributed by atoms with Crippen LogP contribution in [0.3, 0.4) is 0 Å². The molecule has 0 saturated heterocycles. The summed E-state index contributed by atoms with van der Waals surface area (Å²) in [6.45, 7) is 0. The number of para-hydroxylation sites is 1. The lowest BCUT2D eigenvalue weighted by Gasteiger charge is -2.09. The molecule has 0 aliphatic carbocycles. The fourth-order valence-electron chi connectivity index (χ4n) is 1.96. The second-order valence-corrected chi connectivity index (χ2v) is 4.94. The van der Waals surface area contributed by atoms with Crippen LogP contribution in [0.1, 0.15) is 0 Å². The third-order valence-corrected chi connectivity index (χ3v) is 3.38. The van der Waals surface area contributed by atoms with Gasteiger partial charge in [0.15, 0.2) is 10.8 Å². The molecule has 120 valence electrons. The zero-order chi connectivity index (χ0) is 17.1. The van der Waals surface area contributed by atoms with Crippen LogP contribution < -0.4 is 10.3 Å². The van der Waals surface area contributed by atoms with E-state index in [1.807, 2.05) is 0 Å². The minimum absolute atomic E-state index is 0.0926. The highest BCUT2D eigenvalue weighted by Crippen LogP contribution is 2.31. The Kier molecular flexibility index (Phi) is 4.21. The second kappa shape index (κ2) is 6.47. The van der Waals surface area contributed by atoms with Crippen LogP contribution in [0.4, 0.5) is 5.82 Å². The van der Waals surface area contributed by atoms with Crippen molar-refractivity contribution in [1.29, 1.82) is 0 Å². The number of benzene rings is 1. The molecule has 0 unspecified atom stereocenters. The third kappa shape index (κ3) is 2.95. The van der Waals surface area contributed by atoms with Crippen molar-refractivity contribution in [2.75, 3.05) is 0 Å². The summed E-state index contributed by atoms with van der Waals surface area (Å²) >= 11 is 6.04. The van der Waals surface area contributed by atoms with E-state index in [-0.39, 0.29) is 16.5 Å². The smallest absolute Gasteiger partial charge is 0.406 e. The summed E-state index contributed by atoms with van der Waals surface area (Å²) in [4.78, 5) is 26.2. The highest BCUT2D eigenvalue weighted by atomic mass is 35.5. The van der Waals surface area contributed by atoms with E-state index in [1.165, 1.54) is 24.5 Å². The second-order valence-electron chi connectivity index (χ2n) is 4.56. The van der Waals surface area contributed by atoms with Crippen molar-refractivity contribution in [3.8, 4) is 17.2 Å². The van der Waals surface area contributed by atoms with Gasteiger partial charge in [0.2, 0.25) is 5.75 Å². The Morgan fingerprint density at radius 1 is 1.12 bits per heavy atom. The number of nitrogens with zero attached hydrogens (tertiary/aromatic N) is 4. The van der Waals surface area contributed by atoms with E-state index in [4.69, 9.17) is 16.3 Å². The minimum Gasteiger partial charge on any atom is -0.445 e. The number of rotatable bonds is 4. The predicted octanol–water partition coefficient (Wildman–Crippen LogP) is 2.98. The summed E-state index contributed by atoms with van der Waals surface area (Å²) in [7, 11) is 0. The van der Waals surface area contributed by atoms with Crippen molar-refractivity contribution in [3.05, 3.63) is 80.3 Å². The molecule has 0 aliphatic heterocycles. The first-order valence-electron chi connectivity index (χ1n) is 6.68. The van der Waals surface area contributed by atoms with Crippen molar-refractivity contribution < 1.29 is 9.66 Å². The Labute approximate surface area is 140 Å². The summed E-state index contributed by atoms with van der Waals surface area (Å²) in [6, 6.07) is 11.5. The van der Waals surface area contributed by atoms with E-state index >= 15 is 0 Å². The summed E-state index contributed by atoms with van der Waals surface area (Å²) in [6.07, 6.45) is 2.48. The lowest BCUT2D eigenvalue weighted by molar-refractivity contribution is -0.390. The van der Waals surface area contributed by atoms with Gasteiger partial charge in [0.1, 0.15) is 6.20 Å². The van der Waals surface area contributed by atoms with Crippen LogP contribution in [0.2, 0.25) is 5.02 Å². The first-order valence-corrected chi connectivity index (χ1v) is 7.06. The molecule has 0 atom stereocenters. The Hall–Kier alpha value is -3.26. The van der Waals surface area contributed by atoms with Gasteiger partial charge in [-0.05, 0) is 34.2 Å². The molecular formula is C15H9ClN4O4. The summed E-state index contributed by atoms with van der Waals surface area (Å²) in [5.41, 5.74) is -0.0739. The van der Waals surface area contributed by atoms with E-state index in [1.54, 1.807) is 30.3 Å². The molecule has 2 aromatic heterocycles. The maximum absolute atomic E-state index is 12.3. The van der Waals surface area contributed by atoms with Gasteiger partial charge in [-0.2, -0.15) is 9.78 Å². The van der Waals surface area contributed by atoms with Gasteiger partial charge in [-0.3, -0.25) is 4.79 Å². The third-order valence-electron chi connectivity index (χ3n) is 3.03. The van der Waals surface area contributed by atoms with E-state index in [2.05, 4.69) is 10.1 Å². The molecule has 2 heterocycles. The van der Waals surface area contributed by atoms with Gasteiger partial charge >= 0.3 is 5.82 Å². The molecule has 0 fully saturated rings. The number of aromatic nitrogens is 3. The summed E-state index contributed by atoms with van der Waals surface area (Å²) in [5, 5.41) is 14.7. The lowest BCUT2D eigenvalue weighted by atomic mass is 10.3. The topological polar surface area (TPSA) is 100 Å². The summed E-state index contributed by atoms with van der Waals surface area (Å²) in [5.74, 6) is -0.714. The Bertz CT molecular complexity index is 959. The molecule has 0 bridgehead atoms. The van der Waals surface area contributed by atoms with Crippen LogP contribution in [-0.4, -0.2) is 19.7 Å². The predicted molar refractivity (Wildman–Crippen MR) is 85.8 cm³/mol. The maximum Gasteiger partial charge on any atom is 0.406 e. The van der Waals surface area contributed by atoms with Gasteiger partial charge in [0, 0.05) is 0 Å². The molecule has 24 heavy (non-hydrogen) atoms. The monoisotopic (exact) mass is 344 g/mol. The van der Waals surface area contributed by atoms with Crippen LogP contribution in [0.5, 0.6) is 11.5 Å². The van der Waals surface area contributed by atoms with E-state index in [0.717, 1.165) is 4.68 Å². The molecule has 0 radical (unpaired) electrons. The molecule has 9 heteroatoms. The number of nitro groups is 1. The van der Waals surface area contributed by atoms with Crippen molar-refractivity contribution in [2.24, 2.45) is 0 Å². The lowest BCUT2D eigenvalue weighted by Crippen LogP contribution is -2.21. The maximum atomic E-state index is 12.3. The Balaban J connectivity index is 2.02. The minimum atomic E-state index is -0.693. The number of hydrogen-bond acceptors (Lipinski definition) is 6. The van der Waals surface area contributed by atoms with Crippen LogP contribution >= 0.6 is 11.6 Å². The van der Waals surface area contributed by atoms with Crippen LogP contribution in [-0.2, 0) is 0 Å². The normalized spacial score (nSPS) is 10.4. The zero-order valence-corrected chi connectivity index (χ0v) is 12.8. The van der Waals surface area contributed by atoms with Gasteiger partial charge < -0.3 is 14.9 Å². The van der Waals surface area contributed by atoms with Gasteiger partial charge in [-0.15, -0.1) is 0 Å². The molecule has 0 aliphatic rings. The average molecular weight is 345 g/mol. The van der Waals surface area contributed by atoms with Crippen molar-refractivity contribution in [1.82, 2.24) is 14.8 Å². The Morgan fingerprint density at radius 3 is 2.58 bits per heavy atom. The molecule has 0 amide bonds. The average Bonchev–Trinajstić information content (AvgIpc) is 2.60. The molecule has 1 aromatic carbocycles. The highest BCUT2D eigenvalue weighted by Gasteiger charge is 2.19. The molecule has 8 nitrogen and oxygen atoms in total. The molecular weight excluding hydrogens is 336 g/mol. The molecule has 0 N–H and O–H groups in total. The molecule has 3 aromatic rings. The van der Waals surface area contributed by atoms with E-state index in [9.17, 15) is 14.9 Å². The number of halogens is 1. The fraction of sp³-hybridized carbons (Fsp3) is 0. The SMILES string of the molecule is O=c1c(Cl)c(Oc2cccnc2[N+](=O)[O-])cnn1-c1ccccc1. The van der Waals surface area contributed by atoms with Crippen molar-refractivity contribution in [2.45, 2.75) is 0 Å². The first-order chi connectivity index (χ1) is 11.6. The highest BCUT2D eigenvalue weighted by molar-refractivity contribution is 6.31. The van der Waals surface area contributed by atoms with Crippen LogP contribution in [0.15, 0.2) is 59.7 Å². The van der Waals surface area contributed by atoms with Gasteiger partial charge in [0.05, 0.1) is 11.9 Å². The fourth-order valence-corrected chi connectivity index (χ4v) is 2.13. The first kappa shape index (κ1) is 15.6. The number of pyridine rings is 1. The quantitative estimate of drug-likeness (QED) is 0.532.